The molecule has 0 aliphatic heterocycles. The van der Waals surface area contributed by atoms with Crippen LogP contribution in [0.4, 0.5) is 4.39 Å². The van der Waals surface area contributed by atoms with Gasteiger partial charge in [0.15, 0.2) is 0 Å². The smallest absolute Gasteiger partial charge is 0.128 e. The molecule has 0 aliphatic carbocycles. The van der Waals surface area contributed by atoms with E-state index in [0.29, 0.717) is 32.0 Å². The van der Waals surface area contributed by atoms with Crippen LogP contribution in [0.3, 0.4) is 0 Å². The Labute approximate surface area is 113 Å². The Kier molecular flexibility index (Phi) is 8.33. The summed E-state index contributed by atoms with van der Waals surface area (Å²) in [4.78, 5) is 0. The third-order valence-electron chi connectivity index (χ3n) is 2.61. The Morgan fingerprint density at radius 2 is 1.84 bits per heavy atom. The summed E-state index contributed by atoms with van der Waals surface area (Å²) in [7, 11) is 1.66. The van der Waals surface area contributed by atoms with Crippen LogP contribution in [0.2, 0.25) is 0 Å². The van der Waals surface area contributed by atoms with E-state index in [0.717, 1.165) is 6.42 Å². The maximum absolute atomic E-state index is 13.4. The summed E-state index contributed by atoms with van der Waals surface area (Å²) in [6, 6.07) is 6.02. The summed E-state index contributed by atoms with van der Waals surface area (Å²) in [5.74, 6) is -0.297. The lowest BCUT2D eigenvalue weighted by atomic mass is 10.1. The fraction of sp³-hybridized carbons (Fsp3) is 0.571. The van der Waals surface area contributed by atoms with Gasteiger partial charge in [0.25, 0.3) is 0 Å². The van der Waals surface area contributed by atoms with Crippen LogP contribution in [0.25, 0.3) is 0 Å². The zero-order chi connectivity index (χ0) is 13.9. The van der Waals surface area contributed by atoms with Crippen LogP contribution in [0.1, 0.15) is 18.0 Å². The molecule has 1 unspecified atom stereocenters. The van der Waals surface area contributed by atoms with Crippen molar-refractivity contribution in [3.05, 3.63) is 35.6 Å². The Morgan fingerprint density at radius 1 is 1.11 bits per heavy atom. The fourth-order valence-corrected chi connectivity index (χ4v) is 1.60. The van der Waals surface area contributed by atoms with E-state index in [1.165, 1.54) is 6.07 Å². The highest BCUT2D eigenvalue weighted by atomic mass is 19.1. The molecule has 0 saturated heterocycles. The largest absolute Gasteiger partial charge is 0.385 e. The van der Waals surface area contributed by atoms with Crippen molar-refractivity contribution in [3.63, 3.8) is 0 Å². The lowest BCUT2D eigenvalue weighted by Gasteiger charge is -2.13. The second-order valence-electron chi connectivity index (χ2n) is 4.16. The van der Waals surface area contributed by atoms with E-state index in [2.05, 4.69) is 0 Å². The van der Waals surface area contributed by atoms with Crippen molar-refractivity contribution in [2.45, 2.75) is 12.5 Å². The molecule has 0 heterocycles. The van der Waals surface area contributed by atoms with Gasteiger partial charge < -0.3 is 19.9 Å². The molecule has 0 saturated carbocycles. The molecule has 19 heavy (non-hydrogen) atoms. The van der Waals surface area contributed by atoms with Gasteiger partial charge in [0, 0.05) is 25.9 Å². The molecule has 1 rings (SSSR count). The maximum atomic E-state index is 13.4. The van der Waals surface area contributed by atoms with Gasteiger partial charge in [-0.1, -0.05) is 18.2 Å². The number of halogens is 1. The molecule has 5 heteroatoms. The monoisotopic (exact) mass is 271 g/mol. The van der Waals surface area contributed by atoms with Crippen molar-refractivity contribution in [1.82, 2.24) is 0 Å². The number of hydrogen-bond donors (Lipinski definition) is 1. The maximum Gasteiger partial charge on any atom is 0.128 e. The van der Waals surface area contributed by atoms with Crippen molar-refractivity contribution in [1.29, 1.82) is 0 Å². The zero-order valence-corrected chi connectivity index (χ0v) is 11.3. The molecular formula is C14H22FNO3. The molecule has 0 amide bonds. The average molecular weight is 271 g/mol. The Hall–Kier alpha value is -1.01. The molecule has 1 atom stereocenters. The van der Waals surface area contributed by atoms with Crippen LogP contribution in [0, 0.1) is 5.82 Å². The van der Waals surface area contributed by atoms with E-state index >= 15 is 0 Å². The first kappa shape index (κ1) is 16.0. The summed E-state index contributed by atoms with van der Waals surface area (Å²) in [6.07, 6.45) is 0.866. The highest BCUT2D eigenvalue weighted by molar-refractivity contribution is 5.20. The normalized spacial score (nSPS) is 12.6. The second-order valence-corrected chi connectivity index (χ2v) is 4.16. The van der Waals surface area contributed by atoms with Crippen LogP contribution in [-0.4, -0.2) is 40.1 Å². The molecule has 1 aromatic carbocycles. The van der Waals surface area contributed by atoms with Gasteiger partial charge in [-0.05, 0) is 12.5 Å². The van der Waals surface area contributed by atoms with Crippen LogP contribution in [0.15, 0.2) is 24.3 Å². The molecule has 0 bridgehead atoms. The highest BCUT2D eigenvalue weighted by Gasteiger charge is 2.10. The van der Waals surface area contributed by atoms with Gasteiger partial charge >= 0.3 is 0 Å². The van der Waals surface area contributed by atoms with Crippen LogP contribution in [0.5, 0.6) is 0 Å². The third kappa shape index (κ3) is 6.63. The lowest BCUT2D eigenvalue weighted by molar-refractivity contribution is 0.0353. The minimum Gasteiger partial charge on any atom is -0.385 e. The minimum atomic E-state index is -0.449. The fourth-order valence-electron chi connectivity index (χ4n) is 1.60. The van der Waals surface area contributed by atoms with Crippen molar-refractivity contribution in [3.8, 4) is 0 Å². The molecule has 0 aromatic heterocycles. The van der Waals surface area contributed by atoms with E-state index in [9.17, 15) is 4.39 Å². The molecule has 2 N–H and O–H groups in total. The third-order valence-corrected chi connectivity index (χ3v) is 2.61. The van der Waals surface area contributed by atoms with E-state index in [-0.39, 0.29) is 12.4 Å². The molecular weight excluding hydrogens is 249 g/mol. The van der Waals surface area contributed by atoms with Gasteiger partial charge in [-0.2, -0.15) is 0 Å². The average Bonchev–Trinajstić information content (AvgIpc) is 2.42. The van der Waals surface area contributed by atoms with E-state index in [4.69, 9.17) is 19.9 Å². The van der Waals surface area contributed by atoms with E-state index < -0.39 is 6.04 Å². The number of methoxy groups -OCH3 is 1. The quantitative estimate of drug-likeness (QED) is 0.660. The summed E-state index contributed by atoms with van der Waals surface area (Å²) < 4.78 is 29.0. The zero-order valence-electron chi connectivity index (χ0n) is 11.3. The van der Waals surface area contributed by atoms with Crippen molar-refractivity contribution < 1.29 is 18.6 Å². The Bertz CT molecular complexity index is 349. The van der Waals surface area contributed by atoms with E-state index in [1.54, 1.807) is 25.3 Å². The molecule has 4 nitrogen and oxygen atoms in total. The number of nitrogens with two attached hydrogens (primary N) is 1. The summed E-state index contributed by atoms with van der Waals surface area (Å²) in [6.45, 7) is 2.58. The van der Waals surface area contributed by atoms with E-state index in [1.807, 2.05) is 0 Å². The molecule has 0 aliphatic rings. The van der Waals surface area contributed by atoms with Gasteiger partial charge in [-0.15, -0.1) is 0 Å². The topological polar surface area (TPSA) is 53.7 Å². The van der Waals surface area contributed by atoms with Gasteiger partial charge in [0.1, 0.15) is 5.82 Å². The molecule has 1 aromatic rings. The first-order valence-electron chi connectivity index (χ1n) is 6.40. The second kappa shape index (κ2) is 9.86. The van der Waals surface area contributed by atoms with Crippen LogP contribution in [-0.2, 0) is 14.2 Å². The summed E-state index contributed by atoms with van der Waals surface area (Å²) >= 11 is 0. The SMILES string of the molecule is COCCCOCCOCC(N)c1ccccc1F. The predicted molar refractivity (Wildman–Crippen MR) is 71.5 cm³/mol. The van der Waals surface area contributed by atoms with Gasteiger partial charge in [0.05, 0.1) is 25.9 Å². The Balaban J connectivity index is 2.08. The standard InChI is InChI=1S/C14H22FNO3/c1-17-7-4-8-18-9-10-19-11-14(16)12-5-2-3-6-13(12)15/h2-3,5-6,14H,4,7-11,16H2,1H3. The first-order chi connectivity index (χ1) is 9.25. The van der Waals surface area contributed by atoms with Gasteiger partial charge in [-0.3, -0.25) is 0 Å². The van der Waals surface area contributed by atoms with Crippen molar-refractivity contribution >= 4 is 0 Å². The highest BCUT2D eigenvalue weighted by Crippen LogP contribution is 2.14. The van der Waals surface area contributed by atoms with Crippen molar-refractivity contribution in [2.75, 3.05) is 40.1 Å². The number of rotatable bonds is 10. The predicted octanol–water partition coefficient (Wildman–Crippen LogP) is 1.90. The van der Waals surface area contributed by atoms with Gasteiger partial charge in [0.2, 0.25) is 0 Å². The molecule has 0 fully saturated rings. The molecule has 108 valence electrons. The Morgan fingerprint density at radius 3 is 2.58 bits per heavy atom. The first-order valence-corrected chi connectivity index (χ1v) is 6.40. The number of ether oxygens (including phenoxy) is 3. The lowest BCUT2D eigenvalue weighted by Crippen LogP contribution is -2.20. The van der Waals surface area contributed by atoms with Crippen molar-refractivity contribution in [2.24, 2.45) is 5.73 Å². The molecule has 0 spiro atoms. The summed E-state index contributed by atoms with van der Waals surface area (Å²) in [5.41, 5.74) is 6.33. The van der Waals surface area contributed by atoms with Crippen LogP contribution < -0.4 is 5.73 Å². The number of hydrogen-bond acceptors (Lipinski definition) is 4. The molecule has 0 radical (unpaired) electrons. The van der Waals surface area contributed by atoms with Crippen LogP contribution >= 0.6 is 0 Å². The van der Waals surface area contributed by atoms with Gasteiger partial charge in [-0.25, -0.2) is 4.39 Å². The number of benzene rings is 1. The minimum absolute atomic E-state index is 0.280. The summed E-state index contributed by atoms with van der Waals surface area (Å²) in [5, 5.41) is 0.